The Morgan fingerprint density at radius 2 is 1.84 bits per heavy atom. The van der Waals surface area contributed by atoms with Gasteiger partial charge >= 0.3 is 7.12 Å². The summed E-state index contributed by atoms with van der Waals surface area (Å²) >= 11 is 6.32. The minimum atomic E-state index is -1.18. The molecule has 2 N–H and O–H groups in total. The molecule has 8 heteroatoms. The first-order valence-corrected chi connectivity index (χ1v) is 10.7. The fourth-order valence-corrected chi connectivity index (χ4v) is 5.66. The van der Waals surface area contributed by atoms with Crippen LogP contribution in [0.4, 0.5) is 5.69 Å². The topological polar surface area (TPSA) is 87.1 Å². The molecule has 2 saturated heterocycles. The summed E-state index contributed by atoms with van der Waals surface area (Å²) in [6, 6.07) is 13.5. The van der Waals surface area contributed by atoms with E-state index in [4.69, 9.17) is 16.3 Å². The smallest absolute Gasteiger partial charge is 0.487 e. The third kappa shape index (κ3) is 3.19. The van der Waals surface area contributed by atoms with Gasteiger partial charge in [-0.3, -0.25) is 14.5 Å². The number of benzene rings is 2. The van der Waals surface area contributed by atoms with E-state index in [1.165, 1.54) is 17.0 Å². The Labute approximate surface area is 185 Å². The molecule has 0 radical (unpaired) electrons. The summed E-state index contributed by atoms with van der Waals surface area (Å²) in [6.45, 7) is 1.89. The van der Waals surface area contributed by atoms with Gasteiger partial charge in [-0.1, -0.05) is 41.4 Å². The lowest BCUT2D eigenvalue weighted by atomic mass is 9.55. The lowest BCUT2D eigenvalue weighted by Gasteiger charge is -2.41. The van der Waals surface area contributed by atoms with Gasteiger partial charge in [-0.05, 0) is 61.0 Å². The number of fused-ring (bicyclic) bond motifs is 3. The fourth-order valence-electron chi connectivity index (χ4n) is 5.37. The maximum atomic E-state index is 13.5. The molecule has 0 spiro atoms. The molecule has 0 saturated carbocycles. The van der Waals surface area contributed by atoms with Crippen LogP contribution in [0, 0.1) is 17.8 Å². The summed E-state index contributed by atoms with van der Waals surface area (Å²) in [5, 5.41) is 20.8. The molecule has 6 nitrogen and oxygen atoms in total. The second-order valence-electron chi connectivity index (χ2n) is 8.44. The van der Waals surface area contributed by atoms with Gasteiger partial charge in [0, 0.05) is 5.02 Å². The molecular weight excluding hydrogens is 417 g/mol. The molecule has 158 valence electrons. The van der Waals surface area contributed by atoms with Gasteiger partial charge in [0.2, 0.25) is 11.8 Å². The highest BCUT2D eigenvalue weighted by Gasteiger charge is 2.57. The lowest BCUT2D eigenvalue weighted by molar-refractivity contribution is -0.123. The molecule has 1 aliphatic carbocycles. The zero-order valence-electron chi connectivity index (χ0n) is 16.9. The summed E-state index contributed by atoms with van der Waals surface area (Å²) in [5.74, 6) is -1.73. The summed E-state index contributed by atoms with van der Waals surface area (Å²) in [7, 11) is -1.18. The molecule has 2 fully saturated rings. The van der Waals surface area contributed by atoms with Crippen molar-refractivity contribution in [3.8, 4) is 5.75 Å². The number of imide groups is 1. The zero-order valence-corrected chi connectivity index (χ0v) is 17.6. The van der Waals surface area contributed by atoms with Crippen molar-refractivity contribution in [2.75, 3.05) is 4.90 Å². The Bertz CT molecular complexity index is 1100. The van der Waals surface area contributed by atoms with Crippen molar-refractivity contribution in [1.82, 2.24) is 0 Å². The van der Waals surface area contributed by atoms with Crippen LogP contribution >= 0.6 is 11.6 Å². The van der Waals surface area contributed by atoms with Crippen LogP contribution in [0.2, 0.25) is 5.02 Å². The van der Waals surface area contributed by atoms with Crippen LogP contribution < -0.4 is 4.90 Å². The number of carbonyl (C=O) groups is 2. The van der Waals surface area contributed by atoms with Crippen molar-refractivity contribution in [3.05, 3.63) is 70.2 Å². The Morgan fingerprint density at radius 1 is 1.10 bits per heavy atom. The Kier molecular flexibility index (Phi) is 4.92. The molecule has 2 amide bonds. The standard InChI is InChI=1S/C23H21BClNO5/c1-12-9-17-20(23(29)26(22(17)28)13-5-3-2-4-6-13)16-11-19(31-24(30)21(12)16)15-8-7-14(27)10-18(15)25/h2-8,10,16-17,19-20,27,30H,9,11H2,1H3/t16-,17-,19-,20+/m0/s1. The number of nitrogens with zero attached hydrogens (tertiary/aromatic N) is 1. The maximum absolute atomic E-state index is 13.5. The number of hydrogen-bond acceptors (Lipinski definition) is 5. The van der Waals surface area contributed by atoms with E-state index in [9.17, 15) is 19.7 Å². The van der Waals surface area contributed by atoms with Gasteiger partial charge in [-0.25, -0.2) is 0 Å². The normalized spacial score (nSPS) is 28.1. The van der Waals surface area contributed by atoms with Crippen LogP contribution in [0.5, 0.6) is 5.75 Å². The molecule has 3 aliphatic rings. The van der Waals surface area contributed by atoms with Crippen molar-refractivity contribution in [2.45, 2.75) is 25.9 Å². The number of hydrogen-bond donors (Lipinski definition) is 2. The van der Waals surface area contributed by atoms with E-state index in [-0.39, 0.29) is 23.5 Å². The van der Waals surface area contributed by atoms with E-state index in [0.29, 0.717) is 34.6 Å². The van der Waals surface area contributed by atoms with E-state index in [2.05, 4.69) is 0 Å². The fraction of sp³-hybridized carbons (Fsp3) is 0.304. The highest BCUT2D eigenvalue weighted by atomic mass is 35.5. The third-order valence-corrected chi connectivity index (χ3v) is 7.03. The maximum Gasteiger partial charge on any atom is 0.487 e. The van der Waals surface area contributed by atoms with Gasteiger partial charge in [0.15, 0.2) is 0 Å². The molecule has 2 heterocycles. The largest absolute Gasteiger partial charge is 0.508 e. The number of carbonyl (C=O) groups excluding carboxylic acids is 2. The first-order valence-electron chi connectivity index (χ1n) is 10.3. The molecule has 4 atom stereocenters. The molecule has 0 aromatic heterocycles. The average molecular weight is 438 g/mol. The van der Waals surface area contributed by atoms with E-state index in [1.54, 1.807) is 30.3 Å². The highest BCUT2D eigenvalue weighted by molar-refractivity contribution is 6.53. The molecule has 2 aromatic rings. The van der Waals surface area contributed by atoms with Crippen molar-refractivity contribution in [1.29, 1.82) is 0 Å². The highest BCUT2D eigenvalue weighted by Crippen LogP contribution is 2.52. The number of halogens is 1. The Hall–Kier alpha value is -2.61. The number of allylic oxidation sites excluding steroid dienone is 2. The van der Waals surface area contributed by atoms with E-state index >= 15 is 0 Å². The summed E-state index contributed by atoms with van der Waals surface area (Å²) in [5.41, 5.74) is 2.79. The predicted octanol–water partition coefficient (Wildman–Crippen LogP) is 3.67. The van der Waals surface area contributed by atoms with Crippen molar-refractivity contribution in [3.63, 3.8) is 0 Å². The monoisotopic (exact) mass is 437 g/mol. The van der Waals surface area contributed by atoms with Crippen molar-refractivity contribution < 1.29 is 24.4 Å². The molecule has 0 bridgehead atoms. The lowest BCUT2D eigenvalue weighted by Crippen LogP contribution is -2.44. The second kappa shape index (κ2) is 7.52. The van der Waals surface area contributed by atoms with Gasteiger partial charge in [0.05, 0.1) is 23.6 Å². The van der Waals surface area contributed by atoms with Crippen LogP contribution in [0.25, 0.3) is 0 Å². The first-order chi connectivity index (χ1) is 14.9. The van der Waals surface area contributed by atoms with Crippen LogP contribution in [-0.2, 0) is 14.2 Å². The van der Waals surface area contributed by atoms with Gasteiger partial charge in [-0.15, -0.1) is 0 Å². The minimum absolute atomic E-state index is 0.0364. The zero-order chi connectivity index (χ0) is 21.9. The first kappa shape index (κ1) is 20.3. The second-order valence-corrected chi connectivity index (χ2v) is 8.85. The number of anilines is 1. The van der Waals surface area contributed by atoms with Gasteiger partial charge in [0.1, 0.15) is 5.75 Å². The van der Waals surface area contributed by atoms with Crippen molar-refractivity contribution >= 4 is 36.2 Å². The Morgan fingerprint density at radius 3 is 2.55 bits per heavy atom. The number of amides is 2. The molecule has 31 heavy (non-hydrogen) atoms. The average Bonchev–Trinajstić information content (AvgIpc) is 2.98. The van der Waals surface area contributed by atoms with Crippen LogP contribution in [0.15, 0.2) is 59.6 Å². The van der Waals surface area contributed by atoms with Crippen molar-refractivity contribution in [2.24, 2.45) is 17.8 Å². The van der Waals surface area contributed by atoms with Gasteiger partial charge in [-0.2, -0.15) is 0 Å². The number of phenols is 1. The minimum Gasteiger partial charge on any atom is -0.508 e. The number of aromatic hydroxyl groups is 1. The van der Waals surface area contributed by atoms with Gasteiger partial charge < -0.3 is 14.8 Å². The SMILES string of the molecule is CC1=C2B(O)O[C@H](c3ccc(O)cc3Cl)C[C@H]2[C@H]2C(=O)N(c3ccccc3)C(=O)[C@H]2C1. The molecule has 2 aliphatic heterocycles. The molecule has 0 unspecified atom stereocenters. The number of phenolic OH excluding ortho intramolecular Hbond substituents is 1. The summed E-state index contributed by atoms with van der Waals surface area (Å²) < 4.78 is 5.88. The molecule has 2 aromatic carbocycles. The van der Waals surface area contributed by atoms with E-state index in [1.807, 2.05) is 13.0 Å². The van der Waals surface area contributed by atoms with E-state index < -0.39 is 25.1 Å². The van der Waals surface area contributed by atoms with E-state index in [0.717, 1.165) is 5.57 Å². The quantitative estimate of drug-likeness (QED) is 0.553. The summed E-state index contributed by atoms with van der Waals surface area (Å²) in [6.07, 6.45) is 0.282. The molecule has 5 rings (SSSR count). The summed E-state index contributed by atoms with van der Waals surface area (Å²) in [4.78, 5) is 28.0. The number of rotatable bonds is 2. The van der Waals surface area contributed by atoms with Gasteiger partial charge in [0.25, 0.3) is 0 Å². The Balaban J connectivity index is 1.53. The number of para-hydroxylation sites is 1. The molecular formula is C23H21BClNO5. The predicted molar refractivity (Wildman–Crippen MR) is 116 cm³/mol. The van der Waals surface area contributed by atoms with Crippen LogP contribution in [0.3, 0.4) is 0 Å². The van der Waals surface area contributed by atoms with Crippen LogP contribution in [-0.4, -0.2) is 29.1 Å². The van der Waals surface area contributed by atoms with Crippen LogP contribution in [0.1, 0.15) is 31.4 Å². The third-order valence-electron chi connectivity index (χ3n) is 6.70.